The molecule has 0 aliphatic carbocycles. The molecule has 0 spiro atoms. The molecule has 0 atom stereocenters. The number of nitrogens with one attached hydrogen (secondary N) is 2. The van der Waals surface area contributed by atoms with Gasteiger partial charge in [0.05, 0.1) is 29.2 Å². The van der Waals surface area contributed by atoms with Crippen LogP contribution < -0.4 is 24.2 Å². The summed E-state index contributed by atoms with van der Waals surface area (Å²) in [5, 5.41) is 7.52. The molecule has 38 heavy (non-hydrogen) atoms. The van der Waals surface area contributed by atoms with Crippen molar-refractivity contribution in [3.8, 4) is 17.6 Å². The Labute approximate surface area is 227 Å². The van der Waals surface area contributed by atoms with E-state index in [2.05, 4.69) is 25.1 Å². The van der Waals surface area contributed by atoms with Crippen LogP contribution >= 0.6 is 23.2 Å². The largest absolute Gasteiger partial charge is 0.481 e. The summed E-state index contributed by atoms with van der Waals surface area (Å²) >= 11 is 12.2. The molecule has 198 valence electrons. The van der Waals surface area contributed by atoms with Crippen molar-refractivity contribution >= 4 is 50.6 Å². The topological polar surface area (TPSA) is 147 Å². The molecule has 0 aliphatic heterocycles. The molecule has 2 N–H and O–H groups in total. The van der Waals surface area contributed by atoms with Gasteiger partial charge in [-0.25, -0.2) is 13.1 Å². The zero-order valence-corrected chi connectivity index (χ0v) is 22.2. The maximum Gasteiger partial charge on any atom is 0.321 e. The van der Waals surface area contributed by atoms with Gasteiger partial charge >= 0.3 is 6.01 Å². The summed E-state index contributed by atoms with van der Waals surface area (Å²) < 4.78 is 44.9. The van der Waals surface area contributed by atoms with E-state index >= 15 is 0 Å². The minimum absolute atomic E-state index is 0.0274. The predicted octanol–water partition coefficient (Wildman–Crippen LogP) is 4.09. The molecule has 4 rings (SSSR count). The highest BCUT2D eigenvalue weighted by molar-refractivity contribution is 7.92. The number of anilines is 2. The maximum absolute atomic E-state index is 12.8. The third kappa shape index (κ3) is 6.43. The summed E-state index contributed by atoms with van der Waals surface area (Å²) in [5.41, 5.74) is 0.469. The van der Waals surface area contributed by atoms with E-state index in [1.54, 1.807) is 24.4 Å². The van der Waals surface area contributed by atoms with Crippen LogP contribution in [0.3, 0.4) is 0 Å². The van der Waals surface area contributed by atoms with Crippen molar-refractivity contribution in [2.75, 3.05) is 24.3 Å². The zero-order chi connectivity index (χ0) is 27.3. The Morgan fingerprint density at radius 3 is 2.37 bits per heavy atom. The number of methoxy groups -OCH3 is 2. The lowest BCUT2D eigenvalue weighted by molar-refractivity contribution is 0.102. The number of sulfonamides is 1. The SMILES string of the molecule is COc1cc(NS(=O)(=O)c2ccc(NC(=O)c3ccn(COc4c(Cl)cccc4Cl)n3)cc2)nc(OC)n1. The maximum atomic E-state index is 12.8. The van der Waals surface area contributed by atoms with Crippen molar-refractivity contribution < 1.29 is 27.4 Å². The van der Waals surface area contributed by atoms with E-state index in [0.29, 0.717) is 21.5 Å². The Bertz CT molecular complexity index is 1520. The molecule has 0 fully saturated rings. The van der Waals surface area contributed by atoms with Crippen LogP contribution in [-0.2, 0) is 16.8 Å². The molecule has 0 saturated carbocycles. The summed E-state index contributed by atoms with van der Waals surface area (Å²) in [5.74, 6) is -0.120. The normalized spacial score (nSPS) is 11.1. The van der Waals surface area contributed by atoms with Gasteiger partial charge in [0, 0.05) is 18.0 Å². The van der Waals surface area contributed by atoms with E-state index in [-0.39, 0.29) is 35.0 Å². The molecule has 15 heteroatoms. The minimum Gasteiger partial charge on any atom is -0.481 e. The summed E-state index contributed by atoms with van der Waals surface area (Å²) in [4.78, 5) is 20.4. The van der Waals surface area contributed by atoms with E-state index in [1.807, 2.05) is 0 Å². The Hall–Kier alpha value is -4.07. The Morgan fingerprint density at radius 2 is 1.71 bits per heavy atom. The van der Waals surface area contributed by atoms with Gasteiger partial charge in [0.15, 0.2) is 24.0 Å². The Morgan fingerprint density at radius 1 is 1.00 bits per heavy atom. The molecule has 0 unspecified atom stereocenters. The van der Waals surface area contributed by atoms with E-state index in [1.165, 1.54) is 55.3 Å². The van der Waals surface area contributed by atoms with Crippen molar-refractivity contribution in [2.45, 2.75) is 11.6 Å². The van der Waals surface area contributed by atoms with Crippen molar-refractivity contribution in [3.63, 3.8) is 0 Å². The molecule has 0 radical (unpaired) electrons. The Kier molecular flexibility index (Phi) is 8.20. The number of hydrogen-bond acceptors (Lipinski definition) is 9. The van der Waals surface area contributed by atoms with Gasteiger partial charge in [-0.15, -0.1) is 0 Å². The van der Waals surface area contributed by atoms with Crippen molar-refractivity contribution in [1.82, 2.24) is 19.7 Å². The molecular formula is C23H20Cl2N6O6S. The van der Waals surface area contributed by atoms with Crippen molar-refractivity contribution in [1.29, 1.82) is 0 Å². The predicted molar refractivity (Wildman–Crippen MR) is 140 cm³/mol. The number of rotatable bonds is 10. The molecule has 0 bridgehead atoms. The van der Waals surface area contributed by atoms with Crippen LogP contribution in [0.4, 0.5) is 11.5 Å². The van der Waals surface area contributed by atoms with Gasteiger partial charge in [-0.1, -0.05) is 29.3 Å². The lowest BCUT2D eigenvalue weighted by atomic mass is 10.3. The number of benzene rings is 2. The standard InChI is InChI=1S/C23H20Cl2N6O6S/c1-35-20-12-19(27-23(28-20)36-2)30-38(33,34)15-8-6-14(7-9-15)26-22(32)18-10-11-31(29-18)13-37-21-16(24)4-3-5-17(21)25/h3-12H,13H2,1-2H3,(H,26,32)(H,27,28,30). The summed E-state index contributed by atoms with van der Waals surface area (Å²) in [6.07, 6.45) is 1.55. The van der Waals surface area contributed by atoms with Gasteiger partial charge in [0.2, 0.25) is 5.88 Å². The Balaban J connectivity index is 1.39. The smallest absolute Gasteiger partial charge is 0.321 e. The van der Waals surface area contributed by atoms with Crippen LogP contribution in [0, 0.1) is 0 Å². The van der Waals surface area contributed by atoms with E-state index in [0.717, 1.165) is 0 Å². The van der Waals surface area contributed by atoms with Gasteiger partial charge in [-0.2, -0.15) is 15.1 Å². The number of halogens is 2. The highest BCUT2D eigenvalue weighted by atomic mass is 35.5. The quantitative estimate of drug-likeness (QED) is 0.284. The van der Waals surface area contributed by atoms with Gasteiger partial charge in [-0.05, 0) is 42.5 Å². The second-order valence-corrected chi connectivity index (χ2v) is 9.93. The number of para-hydroxylation sites is 1. The van der Waals surface area contributed by atoms with Gasteiger partial charge in [0.1, 0.15) is 0 Å². The second kappa shape index (κ2) is 11.5. The average molecular weight is 579 g/mol. The number of carbonyl (C=O) groups excluding carboxylic acids is 1. The minimum atomic E-state index is -4.01. The first-order valence-corrected chi connectivity index (χ1v) is 12.9. The van der Waals surface area contributed by atoms with Gasteiger partial charge in [0.25, 0.3) is 15.9 Å². The monoisotopic (exact) mass is 578 g/mol. The number of ether oxygens (including phenoxy) is 3. The number of hydrogen-bond donors (Lipinski definition) is 2. The molecule has 0 saturated heterocycles. The van der Waals surface area contributed by atoms with Crippen LogP contribution in [0.15, 0.2) is 65.7 Å². The molecule has 2 aromatic heterocycles. The van der Waals surface area contributed by atoms with Gasteiger partial charge in [-0.3, -0.25) is 9.52 Å². The molecule has 1 amide bonds. The molecular weight excluding hydrogens is 559 g/mol. The summed E-state index contributed by atoms with van der Waals surface area (Å²) in [7, 11) is -1.29. The number of aromatic nitrogens is 4. The zero-order valence-electron chi connectivity index (χ0n) is 19.9. The summed E-state index contributed by atoms with van der Waals surface area (Å²) in [6, 6.07) is 13.2. The first-order chi connectivity index (χ1) is 18.2. The van der Waals surface area contributed by atoms with E-state index in [9.17, 15) is 13.2 Å². The van der Waals surface area contributed by atoms with Crippen molar-refractivity contribution in [2.24, 2.45) is 0 Å². The molecule has 0 aliphatic rings. The molecule has 2 aromatic carbocycles. The highest BCUT2D eigenvalue weighted by Gasteiger charge is 2.18. The summed E-state index contributed by atoms with van der Waals surface area (Å²) in [6.45, 7) is -0.0274. The molecule has 2 heterocycles. The number of nitrogens with zero attached hydrogens (tertiary/aromatic N) is 4. The second-order valence-electron chi connectivity index (χ2n) is 7.43. The van der Waals surface area contributed by atoms with Crippen molar-refractivity contribution in [3.05, 3.63) is 76.5 Å². The highest BCUT2D eigenvalue weighted by Crippen LogP contribution is 2.32. The van der Waals surface area contributed by atoms with Crippen LogP contribution in [0.2, 0.25) is 10.0 Å². The van der Waals surface area contributed by atoms with Crippen LogP contribution in [0.1, 0.15) is 10.5 Å². The lowest BCUT2D eigenvalue weighted by Crippen LogP contribution is -2.16. The molecule has 12 nitrogen and oxygen atoms in total. The van der Waals surface area contributed by atoms with Crippen LogP contribution in [0.25, 0.3) is 0 Å². The molecule has 4 aromatic rings. The third-order valence-electron chi connectivity index (χ3n) is 4.87. The van der Waals surface area contributed by atoms with Crippen LogP contribution in [0.5, 0.6) is 17.6 Å². The fourth-order valence-corrected chi connectivity index (χ4v) is 4.57. The van der Waals surface area contributed by atoms with E-state index in [4.69, 9.17) is 37.4 Å². The first-order valence-electron chi connectivity index (χ1n) is 10.7. The fourth-order valence-electron chi connectivity index (χ4n) is 3.07. The fraction of sp³-hybridized carbons (Fsp3) is 0.130. The van der Waals surface area contributed by atoms with E-state index < -0.39 is 15.9 Å². The number of amides is 1. The number of carbonyl (C=O) groups is 1. The van der Waals surface area contributed by atoms with Gasteiger partial charge < -0.3 is 19.5 Å². The lowest BCUT2D eigenvalue weighted by Gasteiger charge is -2.10. The average Bonchev–Trinajstić information content (AvgIpc) is 3.37. The third-order valence-corrected chi connectivity index (χ3v) is 6.83. The first kappa shape index (κ1) is 27.0. The van der Waals surface area contributed by atoms with Crippen LogP contribution in [-0.4, -0.2) is 48.3 Å².